The van der Waals surface area contributed by atoms with E-state index in [2.05, 4.69) is 4.74 Å². The number of methoxy groups -OCH3 is 2. The standard InChI is InChI=1S/C9H18O5S/c1-12-3-4-14-5-8(10)6-15-7-9(11)13-2/h8,10H,3-7H2,1-2H3. The van der Waals surface area contributed by atoms with Crippen molar-refractivity contribution in [1.29, 1.82) is 0 Å². The Morgan fingerprint density at radius 1 is 1.40 bits per heavy atom. The van der Waals surface area contributed by atoms with Gasteiger partial charge >= 0.3 is 5.97 Å². The lowest BCUT2D eigenvalue weighted by Crippen LogP contribution is -2.20. The summed E-state index contributed by atoms with van der Waals surface area (Å²) in [4.78, 5) is 10.7. The summed E-state index contributed by atoms with van der Waals surface area (Å²) in [5.41, 5.74) is 0. The minimum atomic E-state index is -0.559. The van der Waals surface area contributed by atoms with Crippen LogP contribution in [0.3, 0.4) is 0 Å². The molecule has 0 rings (SSSR count). The summed E-state index contributed by atoms with van der Waals surface area (Å²) in [5.74, 6) is 0.431. The van der Waals surface area contributed by atoms with E-state index >= 15 is 0 Å². The maximum atomic E-state index is 10.7. The summed E-state index contributed by atoms with van der Waals surface area (Å²) in [6, 6.07) is 0. The zero-order valence-corrected chi connectivity index (χ0v) is 9.92. The van der Waals surface area contributed by atoms with Gasteiger partial charge in [-0.2, -0.15) is 0 Å². The van der Waals surface area contributed by atoms with Gasteiger partial charge < -0.3 is 19.3 Å². The molecule has 0 saturated carbocycles. The number of carbonyl (C=O) groups is 1. The van der Waals surface area contributed by atoms with E-state index < -0.39 is 6.10 Å². The third-order valence-corrected chi connectivity index (χ3v) is 2.56. The fraction of sp³-hybridized carbons (Fsp3) is 0.889. The molecule has 0 aliphatic rings. The van der Waals surface area contributed by atoms with E-state index in [0.29, 0.717) is 19.0 Å². The second-order valence-corrected chi connectivity index (χ2v) is 3.84. The van der Waals surface area contributed by atoms with Crippen LogP contribution in [0.5, 0.6) is 0 Å². The summed E-state index contributed by atoms with van der Waals surface area (Å²) in [5, 5.41) is 9.40. The largest absolute Gasteiger partial charge is 0.468 e. The van der Waals surface area contributed by atoms with Crippen molar-refractivity contribution in [1.82, 2.24) is 0 Å². The first-order valence-electron chi connectivity index (χ1n) is 4.60. The average Bonchev–Trinajstić information content (AvgIpc) is 2.24. The SMILES string of the molecule is COCCOCC(O)CSCC(=O)OC. The minimum Gasteiger partial charge on any atom is -0.468 e. The third-order valence-electron chi connectivity index (χ3n) is 1.50. The molecule has 0 aromatic rings. The van der Waals surface area contributed by atoms with Crippen LogP contribution in [0.4, 0.5) is 0 Å². The lowest BCUT2D eigenvalue weighted by atomic mass is 10.4. The Bertz CT molecular complexity index is 165. The Morgan fingerprint density at radius 3 is 2.73 bits per heavy atom. The first kappa shape index (κ1) is 14.7. The van der Waals surface area contributed by atoms with E-state index in [9.17, 15) is 9.90 Å². The molecule has 0 spiro atoms. The number of aliphatic hydroxyl groups excluding tert-OH is 1. The summed E-state index contributed by atoms with van der Waals surface area (Å²) in [6.07, 6.45) is -0.559. The van der Waals surface area contributed by atoms with Gasteiger partial charge in [0.05, 0.1) is 38.8 Å². The summed E-state index contributed by atoms with van der Waals surface area (Å²) in [7, 11) is 2.93. The zero-order chi connectivity index (χ0) is 11.5. The highest BCUT2D eigenvalue weighted by Crippen LogP contribution is 2.03. The van der Waals surface area contributed by atoms with E-state index in [-0.39, 0.29) is 18.3 Å². The molecule has 5 nitrogen and oxygen atoms in total. The van der Waals surface area contributed by atoms with Crippen molar-refractivity contribution in [2.45, 2.75) is 6.10 Å². The van der Waals surface area contributed by atoms with Crippen LogP contribution in [0.2, 0.25) is 0 Å². The van der Waals surface area contributed by atoms with Gasteiger partial charge in [0.2, 0.25) is 0 Å². The van der Waals surface area contributed by atoms with Gasteiger partial charge in [0.15, 0.2) is 0 Å². The smallest absolute Gasteiger partial charge is 0.315 e. The topological polar surface area (TPSA) is 65.0 Å². The van der Waals surface area contributed by atoms with Crippen LogP contribution in [0.15, 0.2) is 0 Å². The Kier molecular flexibility index (Phi) is 10.0. The van der Waals surface area contributed by atoms with Crippen LogP contribution in [0, 0.1) is 0 Å². The number of rotatable bonds is 9. The maximum Gasteiger partial charge on any atom is 0.315 e. The van der Waals surface area contributed by atoms with E-state index in [4.69, 9.17) is 9.47 Å². The molecule has 1 unspecified atom stereocenters. The molecular weight excluding hydrogens is 220 g/mol. The summed E-state index contributed by atoms with van der Waals surface area (Å²) < 4.78 is 14.3. The van der Waals surface area contributed by atoms with Gasteiger partial charge in [0.1, 0.15) is 0 Å². The van der Waals surface area contributed by atoms with Crippen LogP contribution in [-0.4, -0.2) is 62.7 Å². The third kappa shape index (κ3) is 9.99. The molecule has 15 heavy (non-hydrogen) atoms. The first-order valence-corrected chi connectivity index (χ1v) is 5.75. The summed E-state index contributed by atoms with van der Waals surface area (Å²) in [6.45, 7) is 1.24. The van der Waals surface area contributed by atoms with E-state index in [0.717, 1.165) is 0 Å². The molecule has 6 heteroatoms. The quantitative estimate of drug-likeness (QED) is 0.447. The van der Waals surface area contributed by atoms with Crippen LogP contribution < -0.4 is 0 Å². The molecule has 0 heterocycles. The number of hydrogen-bond acceptors (Lipinski definition) is 6. The lowest BCUT2D eigenvalue weighted by Gasteiger charge is -2.10. The normalized spacial score (nSPS) is 12.5. The molecule has 0 bridgehead atoms. The van der Waals surface area contributed by atoms with Gasteiger partial charge in [-0.25, -0.2) is 0 Å². The molecule has 0 aromatic heterocycles. The minimum absolute atomic E-state index is 0.256. The van der Waals surface area contributed by atoms with Crippen molar-refractivity contribution in [3.8, 4) is 0 Å². The van der Waals surface area contributed by atoms with Crippen LogP contribution in [0.25, 0.3) is 0 Å². The van der Waals surface area contributed by atoms with Crippen LogP contribution in [-0.2, 0) is 19.0 Å². The van der Waals surface area contributed by atoms with Crippen molar-refractivity contribution in [3.63, 3.8) is 0 Å². The predicted molar refractivity (Wildman–Crippen MR) is 58.0 cm³/mol. The molecule has 0 amide bonds. The van der Waals surface area contributed by atoms with Crippen molar-refractivity contribution in [2.24, 2.45) is 0 Å². The van der Waals surface area contributed by atoms with Crippen molar-refractivity contribution < 1.29 is 24.1 Å². The zero-order valence-electron chi connectivity index (χ0n) is 9.10. The Hall–Kier alpha value is -0.300. The monoisotopic (exact) mass is 238 g/mol. The lowest BCUT2D eigenvalue weighted by molar-refractivity contribution is -0.137. The molecule has 0 aliphatic carbocycles. The second-order valence-electron chi connectivity index (χ2n) is 2.81. The van der Waals surface area contributed by atoms with E-state index in [1.165, 1.54) is 18.9 Å². The fourth-order valence-corrected chi connectivity index (χ4v) is 1.52. The van der Waals surface area contributed by atoms with Gasteiger partial charge in [0, 0.05) is 12.9 Å². The predicted octanol–water partition coefficient (Wildman–Crippen LogP) is -0.0835. The molecular formula is C9H18O5S. The Balaban J connectivity index is 3.25. The highest BCUT2D eigenvalue weighted by atomic mass is 32.2. The molecule has 0 saturated heterocycles. The number of thioether (sulfide) groups is 1. The molecule has 0 aromatic carbocycles. The van der Waals surface area contributed by atoms with Gasteiger partial charge in [-0.3, -0.25) is 4.79 Å². The number of ether oxygens (including phenoxy) is 3. The van der Waals surface area contributed by atoms with E-state index in [1.54, 1.807) is 7.11 Å². The highest BCUT2D eigenvalue weighted by molar-refractivity contribution is 7.99. The maximum absolute atomic E-state index is 10.7. The molecule has 90 valence electrons. The van der Waals surface area contributed by atoms with Crippen molar-refractivity contribution in [2.75, 3.05) is 45.5 Å². The van der Waals surface area contributed by atoms with Gasteiger partial charge in [0.25, 0.3) is 0 Å². The number of esters is 1. The number of aliphatic hydroxyl groups is 1. The fourth-order valence-electron chi connectivity index (χ4n) is 0.747. The highest BCUT2D eigenvalue weighted by Gasteiger charge is 2.06. The Morgan fingerprint density at radius 2 is 2.13 bits per heavy atom. The molecule has 0 fully saturated rings. The van der Waals surface area contributed by atoms with Gasteiger partial charge in [-0.1, -0.05) is 0 Å². The summed E-state index contributed by atoms with van der Waals surface area (Å²) >= 11 is 1.32. The van der Waals surface area contributed by atoms with Crippen molar-refractivity contribution >= 4 is 17.7 Å². The first-order chi connectivity index (χ1) is 7.20. The number of carbonyl (C=O) groups excluding carboxylic acids is 1. The molecule has 0 radical (unpaired) electrons. The van der Waals surface area contributed by atoms with Crippen LogP contribution >= 0.6 is 11.8 Å². The molecule has 1 atom stereocenters. The van der Waals surface area contributed by atoms with E-state index in [1.807, 2.05) is 0 Å². The second kappa shape index (κ2) is 10.2. The molecule has 0 aliphatic heterocycles. The van der Waals surface area contributed by atoms with Gasteiger partial charge in [-0.05, 0) is 0 Å². The average molecular weight is 238 g/mol. The van der Waals surface area contributed by atoms with Crippen LogP contribution in [0.1, 0.15) is 0 Å². The van der Waals surface area contributed by atoms with Gasteiger partial charge in [-0.15, -0.1) is 11.8 Å². The Labute approximate surface area is 94.1 Å². The number of hydrogen-bond donors (Lipinski definition) is 1. The molecule has 1 N–H and O–H groups in total. The van der Waals surface area contributed by atoms with Crippen molar-refractivity contribution in [3.05, 3.63) is 0 Å².